The van der Waals surface area contributed by atoms with Crippen molar-refractivity contribution in [1.29, 1.82) is 0 Å². The van der Waals surface area contributed by atoms with Gasteiger partial charge in [-0.25, -0.2) is 4.98 Å². The van der Waals surface area contributed by atoms with Crippen LogP contribution in [0.4, 0.5) is 5.13 Å². The van der Waals surface area contributed by atoms with E-state index in [0.29, 0.717) is 12.4 Å². The molecule has 0 atom stereocenters. The van der Waals surface area contributed by atoms with Gasteiger partial charge in [0.05, 0.1) is 5.41 Å². The number of carbonyl (C=O) groups excluding carboxylic acids is 1. The van der Waals surface area contributed by atoms with Crippen molar-refractivity contribution in [3.8, 4) is 0 Å². The Balaban J connectivity index is 1.62. The first-order valence-corrected chi connectivity index (χ1v) is 10.3. The van der Waals surface area contributed by atoms with Gasteiger partial charge in [0, 0.05) is 50.0 Å². The third-order valence-corrected chi connectivity index (χ3v) is 6.11. The van der Waals surface area contributed by atoms with E-state index in [-0.39, 0.29) is 5.91 Å². The standard InChI is InChI=1S/C19H25ClN4OS/c1-19(2,14-20)17(25)23-9-6-10-24(12-11-23)18-21-16(22-26-18)13-15-7-4-3-5-8-15/h3-5,7-8H,6,9-14H2,1-2H3. The van der Waals surface area contributed by atoms with Crippen LogP contribution in [0, 0.1) is 5.41 Å². The summed E-state index contributed by atoms with van der Waals surface area (Å²) in [6.07, 6.45) is 1.68. The molecule has 0 unspecified atom stereocenters. The highest BCUT2D eigenvalue weighted by Crippen LogP contribution is 2.24. The SMILES string of the molecule is CC(C)(CCl)C(=O)N1CCCN(c2nc(Cc3ccccc3)ns2)CC1. The van der Waals surface area contributed by atoms with E-state index in [1.807, 2.05) is 36.9 Å². The molecular formula is C19H25ClN4OS. The zero-order valence-electron chi connectivity index (χ0n) is 15.3. The Kier molecular flexibility index (Phi) is 6.14. The van der Waals surface area contributed by atoms with Crippen molar-refractivity contribution in [1.82, 2.24) is 14.3 Å². The molecular weight excluding hydrogens is 368 g/mol. The maximum absolute atomic E-state index is 12.7. The molecule has 1 aliphatic rings. The van der Waals surface area contributed by atoms with E-state index < -0.39 is 5.41 Å². The number of rotatable bonds is 5. The van der Waals surface area contributed by atoms with Crippen molar-refractivity contribution in [2.24, 2.45) is 5.41 Å². The molecule has 1 saturated heterocycles. The van der Waals surface area contributed by atoms with Crippen LogP contribution < -0.4 is 4.90 Å². The number of alkyl halides is 1. The monoisotopic (exact) mass is 392 g/mol. The molecule has 2 heterocycles. The molecule has 26 heavy (non-hydrogen) atoms. The average Bonchev–Trinajstić information content (AvgIpc) is 2.97. The highest BCUT2D eigenvalue weighted by molar-refractivity contribution is 7.09. The van der Waals surface area contributed by atoms with Gasteiger partial charge < -0.3 is 9.80 Å². The van der Waals surface area contributed by atoms with Crippen LogP contribution in [0.1, 0.15) is 31.7 Å². The summed E-state index contributed by atoms with van der Waals surface area (Å²) in [6, 6.07) is 10.3. The predicted octanol–water partition coefficient (Wildman–Crippen LogP) is 3.43. The lowest BCUT2D eigenvalue weighted by atomic mass is 9.94. The van der Waals surface area contributed by atoms with Crippen molar-refractivity contribution in [2.75, 3.05) is 37.0 Å². The van der Waals surface area contributed by atoms with Crippen molar-refractivity contribution in [3.05, 3.63) is 41.7 Å². The number of carbonyl (C=O) groups is 1. The summed E-state index contributed by atoms with van der Waals surface area (Å²) < 4.78 is 4.51. The summed E-state index contributed by atoms with van der Waals surface area (Å²) in [5.41, 5.74) is 0.704. The molecule has 1 fully saturated rings. The van der Waals surface area contributed by atoms with Crippen molar-refractivity contribution < 1.29 is 4.79 Å². The second kappa shape index (κ2) is 8.35. The maximum Gasteiger partial charge on any atom is 0.229 e. The van der Waals surface area contributed by atoms with Gasteiger partial charge in [-0.05, 0) is 25.8 Å². The highest BCUT2D eigenvalue weighted by atomic mass is 35.5. The molecule has 1 aromatic heterocycles. The van der Waals surface area contributed by atoms with Crippen molar-refractivity contribution in [2.45, 2.75) is 26.7 Å². The number of aromatic nitrogens is 2. The molecule has 2 aromatic rings. The second-order valence-electron chi connectivity index (χ2n) is 7.31. The molecule has 0 N–H and O–H groups in total. The van der Waals surface area contributed by atoms with Crippen LogP contribution in [0.15, 0.2) is 30.3 Å². The summed E-state index contributed by atoms with van der Waals surface area (Å²) >= 11 is 7.41. The molecule has 7 heteroatoms. The largest absolute Gasteiger partial charge is 0.345 e. The minimum Gasteiger partial charge on any atom is -0.345 e. The zero-order chi connectivity index (χ0) is 18.6. The van der Waals surface area contributed by atoms with Crippen LogP contribution in [0.5, 0.6) is 0 Å². The average molecular weight is 393 g/mol. The maximum atomic E-state index is 12.7. The molecule has 0 bridgehead atoms. The van der Waals surface area contributed by atoms with E-state index in [1.165, 1.54) is 17.1 Å². The first-order valence-electron chi connectivity index (χ1n) is 8.96. The fourth-order valence-corrected chi connectivity index (χ4v) is 3.87. The Labute approximate surface area is 164 Å². The van der Waals surface area contributed by atoms with Gasteiger partial charge in [-0.2, -0.15) is 4.37 Å². The summed E-state index contributed by atoms with van der Waals surface area (Å²) in [5.74, 6) is 1.33. The summed E-state index contributed by atoms with van der Waals surface area (Å²) in [7, 11) is 0. The first kappa shape index (κ1) is 19.1. The molecule has 1 aromatic carbocycles. The highest BCUT2D eigenvalue weighted by Gasteiger charge is 2.32. The van der Waals surface area contributed by atoms with E-state index >= 15 is 0 Å². The minimum absolute atomic E-state index is 0.136. The van der Waals surface area contributed by atoms with Crippen molar-refractivity contribution >= 4 is 34.2 Å². The first-order chi connectivity index (χ1) is 12.5. The van der Waals surface area contributed by atoms with Gasteiger partial charge in [-0.1, -0.05) is 30.3 Å². The van der Waals surface area contributed by atoms with Gasteiger partial charge in [0.25, 0.3) is 0 Å². The number of hydrogen-bond donors (Lipinski definition) is 0. The fraction of sp³-hybridized carbons (Fsp3) is 0.526. The number of anilines is 1. The van der Waals surface area contributed by atoms with Gasteiger partial charge >= 0.3 is 0 Å². The molecule has 5 nitrogen and oxygen atoms in total. The van der Waals surface area contributed by atoms with E-state index in [0.717, 1.165) is 43.4 Å². The normalized spacial score (nSPS) is 15.8. The topological polar surface area (TPSA) is 49.3 Å². The van der Waals surface area contributed by atoms with E-state index in [9.17, 15) is 4.79 Å². The Morgan fingerprint density at radius 2 is 1.96 bits per heavy atom. The van der Waals surface area contributed by atoms with Gasteiger partial charge in [0.2, 0.25) is 11.0 Å². The van der Waals surface area contributed by atoms with Gasteiger partial charge in [0.15, 0.2) is 0 Å². The molecule has 0 spiro atoms. The lowest BCUT2D eigenvalue weighted by molar-refractivity contribution is -0.139. The number of amides is 1. The molecule has 0 saturated carbocycles. The Hall–Kier alpha value is -1.66. The van der Waals surface area contributed by atoms with Gasteiger partial charge in [-0.3, -0.25) is 4.79 Å². The summed E-state index contributed by atoms with van der Waals surface area (Å²) in [6.45, 7) is 6.96. The van der Waals surface area contributed by atoms with Crippen LogP contribution in [0.3, 0.4) is 0 Å². The minimum atomic E-state index is -0.512. The van der Waals surface area contributed by atoms with E-state index in [1.54, 1.807) is 0 Å². The molecule has 0 aliphatic carbocycles. The van der Waals surface area contributed by atoms with Crippen molar-refractivity contribution in [3.63, 3.8) is 0 Å². The molecule has 1 aliphatic heterocycles. The van der Waals surface area contributed by atoms with Gasteiger partial charge in [0.1, 0.15) is 5.82 Å². The lowest BCUT2D eigenvalue weighted by Crippen LogP contribution is -2.43. The molecule has 0 radical (unpaired) electrons. The Bertz CT molecular complexity index is 734. The summed E-state index contributed by atoms with van der Waals surface area (Å²) in [5, 5.41) is 0.946. The predicted molar refractivity (Wildman–Crippen MR) is 107 cm³/mol. The summed E-state index contributed by atoms with van der Waals surface area (Å²) in [4.78, 5) is 21.5. The third kappa shape index (κ3) is 4.54. The molecule has 1 amide bonds. The van der Waals surface area contributed by atoms with E-state index in [2.05, 4.69) is 21.4 Å². The van der Waals surface area contributed by atoms with Gasteiger partial charge in [-0.15, -0.1) is 11.6 Å². The quantitative estimate of drug-likeness (QED) is 0.731. The molecule has 3 rings (SSSR count). The lowest BCUT2D eigenvalue weighted by Gasteiger charge is -2.29. The Morgan fingerprint density at radius 3 is 2.69 bits per heavy atom. The van der Waals surface area contributed by atoms with Crippen LogP contribution in [-0.4, -0.2) is 52.2 Å². The number of nitrogens with zero attached hydrogens (tertiary/aromatic N) is 4. The zero-order valence-corrected chi connectivity index (χ0v) is 16.9. The number of halogens is 1. The number of hydrogen-bond acceptors (Lipinski definition) is 5. The van der Waals surface area contributed by atoms with Crippen LogP contribution in [-0.2, 0) is 11.2 Å². The fourth-order valence-electron chi connectivity index (χ4n) is 3.02. The Morgan fingerprint density at radius 1 is 1.19 bits per heavy atom. The smallest absolute Gasteiger partial charge is 0.229 e. The van der Waals surface area contributed by atoms with Crippen LogP contribution >= 0.6 is 23.1 Å². The third-order valence-electron chi connectivity index (χ3n) is 4.63. The van der Waals surface area contributed by atoms with Crippen LogP contribution in [0.2, 0.25) is 0 Å². The van der Waals surface area contributed by atoms with E-state index in [4.69, 9.17) is 16.6 Å². The van der Waals surface area contributed by atoms with Crippen LogP contribution in [0.25, 0.3) is 0 Å². The second-order valence-corrected chi connectivity index (χ2v) is 8.30. The molecule has 140 valence electrons. The number of benzene rings is 1.